The molecule has 4 nitrogen and oxygen atoms in total. The Morgan fingerprint density at radius 2 is 1.87 bits per heavy atom. The second kappa shape index (κ2) is 6.32. The fraction of sp³-hybridized carbons (Fsp3) is 0.368. The molecule has 0 aliphatic heterocycles. The summed E-state index contributed by atoms with van der Waals surface area (Å²) in [6, 6.07) is 15.9. The largest absolute Gasteiger partial charge is 0.497 e. The molecular weight excluding hydrogens is 290 g/mol. The summed E-state index contributed by atoms with van der Waals surface area (Å²) < 4.78 is 5.28. The Balaban J connectivity index is 1.99. The zero-order chi connectivity index (χ0) is 16.4. The minimum absolute atomic E-state index is 0.0169. The van der Waals surface area contributed by atoms with E-state index in [0.717, 1.165) is 22.4 Å². The van der Waals surface area contributed by atoms with Crippen molar-refractivity contribution in [3.63, 3.8) is 0 Å². The van der Waals surface area contributed by atoms with Crippen molar-refractivity contribution in [3.8, 4) is 16.9 Å². The minimum atomic E-state index is -0.691. The molecule has 0 amide bonds. The monoisotopic (exact) mass is 313 g/mol. The van der Waals surface area contributed by atoms with Gasteiger partial charge in [0, 0.05) is 18.1 Å². The molecule has 1 aliphatic rings. The number of benzene rings is 2. The second-order valence-corrected chi connectivity index (χ2v) is 6.33. The smallest absolute Gasteiger partial charge is 0.119 e. The molecule has 0 radical (unpaired) electrons. The first kappa shape index (κ1) is 16.0. The predicted octanol–water partition coefficient (Wildman–Crippen LogP) is 2.28. The highest BCUT2D eigenvalue weighted by Crippen LogP contribution is 2.42. The molecule has 23 heavy (non-hydrogen) atoms. The SMILES string of the molecule is COc1cccc(-c2cccc(C3(N)CC(O)CC3CO)c2)c1. The number of nitrogens with two attached hydrogens (primary N) is 1. The molecule has 0 heterocycles. The zero-order valence-corrected chi connectivity index (χ0v) is 13.3. The first-order chi connectivity index (χ1) is 11.1. The van der Waals surface area contributed by atoms with E-state index in [1.807, 2.05) is 42.5 Å². The van der Waals surface area contributed by atoms with E-state index in [1.54, 1.807) is 7.11 Å². The van der Waals surface area contributed by atoms with Gasteiger partial charge in [-0.05, 0) is 47.7 Å². The van der Waals surface area contributed by atoms with Crippen LogP contribution in [0.1, 0.15) is 18.4 Å². The first-order valence-electron chi connectivity index (χ1n) is 7.89. The normalized spacial score (nSPS) is 27.1. The van der Waals surface area contributed by atoms with Crippen LogP contribution in [0.2, 0.25) is 0 Å². The summed E-state index contributed by atoms with van der Waals surface area (Å²) in [7, 11) is 1.65. The van der Waals surface area contributed by atoms with E-state index in [1.165, 1.54) is 0 Å². The van der Waals surface area contributed by atoms with Crippen LogP contribution in [-0.4, -0.2) is 30.0 Å². The molecular formula is C19H23NO3. The van der Waals surface area contributed by atoms with E-state index < -0.39 is 11.6 Å². The average Bonchev–Trinajstić information content (AvgIpc) is 2.90. The average molecular weight is 313 g/mol. The van der Waals surface area contributed by atoms with Crippen LogP contribution in [0.5, 0.6) is 5.75 Å². The highest BCUT2D eigenvalue weighted by Gasteiger charge is 2.44. The van der Waals surface area contributed by atoms with Crippen molar-refractivity contribution < 1.29 is 14.9 Å². The van der Waals surface area contributed by atoms with Crippen LogP contribution in [0.15, 0.2) is 48.5 Å². The van der Waals surface area contributed by atoms with Gasteiger partial charge in [-0.3, -0.25) is 0 Å². The van der Waals surface area contributed by atoms with Crippen LogP contribution in [0.3, 0.4) is 0 Å². The Morgan fingerprint density at radius 1 is 1.17 bits per heavy atom. The number of aliphatic hydroxyl groups excluding tert-OH is 2. The zero-order valence-electron chi connectivity index (χ0n) is 13.3. The highest BCUT2D eigenvalue weighted by molar-refractivity contribution is 5.66. The summed E-state index contributed by atoms with van der Waals surface area (Å²) in [5, 5.41) is 19.6. The number of hydrogen-bond donors (Lipinski definition) is 3. The van der Waals surface area contributed by atoms with Gasteiger partial charge >= 0.3 is 0 Å². The Labute approximate surface area is 136 Å². The standard InChI is InChI=1S/C19H23NO3/c1-23-18-7-3-5-14(9-18)13-4-2-6-15(8-13)19(20)11-17(22)10-16(19)12-21/h2-9,16-17,21-22H,10-12,20H2,1H3. The highest BCUT2D eigenvalue weighted by atomic mass is 16.5. The second-order valence-electron chi connectivity index (χ2n) is 6.33. The van der Waals surface area contributed by atoms with Crippen LogP contribution in [0, 0.1) is 5.92 Å². The molecule has 3 unspecified atom stereocenters. The topological polar surface area (TPSA) is 75.7 Å². The fourth-order valence-corrected chi connectivity index (χ4v) is 3.56. The molecule has 0 spiro atoms. The molecule has 0 saturated heterocycles. The van der Waals surface area contributed by atoms with Crippen molar-refractivity contribution in [2.75, 3.05) is 13.7 Å². The van der Waals surface area contributed by atoms with Gasteiger partial charge in [-0.1, -0.05) is 30.3 Å². The van der Waals surface area contributed by atoms with Crippen molar-refractivity contribution in [2.45, 2.75) is 24.5 Å². The third-order valence-corrected chi connectivity index (χ3v) is 4.88. The quantitative estimate of drug-likeness (QED) is 0.809. The van der Waals surface area contributed by atoms with Gasteiger partial charge in [0.25, 0.3) is 0 Å². The summed E-state index contributed by atoms with van der Waals surface area (Å²) in [6.45, 7) is -0.0169. The lowest BCUT2D eigenvalue weighted by atomic mass is 9.81. The summed E-state index contributed by atoms with van der Waals surface area (Å²) in [5.74, 6) is 0.679. The first-order valence-corrected chi connectivity index (χ1v) is 7.89. The maximum Gasteiger partial charge on any atom is 0.119 e. The molecule has 1 saturated carbocycles. The van der Waals surface area contributed by atoms with Crippen LogP contribution in [0.25, 0.3) is 11.1 Å². The molecule has 1 fully saturated rings. The van der Waals surface area contributed by atoms with Gasteiger partial charge in [0.05, 0.1) is 13.2 Å². The van der Waals surface area contributed by atoms with Crippen molar-refractivity contribution in [1.29, 1.82) is 0 Å². The third kappa shape index (κ3) is 2.98. The Kier molecular flexibility index (Phi) is 4.39. The van der Waals surface area contributed by atoms with Crippen LogP contribution >= 0.6 is 0 Å². The molecule has 1 aliphatic carbocycles. The molecule has 2 aromatic carbocycles. The molecule has 3 atom stereocenters. The molecule has 2 aromatic rings. The lowest BCUT2D eigenvalue weighted by molar-refractivity contribution is 0.161. The minimum Gasteiger partial charge on any atom is -0.497 e. The van der Waals surface area contributed by atoms with Crippen LogP contribution in [-0.2, 0) is 5.54 Å². The number of hydrogen-bond acceptors (Lipinski definition) is 4. The predicted molar refractivity (Wildman–Crippen MR) is 90.1 cm³/mol. The summed E-state index contributed by atoms with van der Waals surface area (Å²) in [4.78, 5) is 0. The van der Waals surface area contributed by atoms with Gasteiger partial charge in [0.2, 0.25) is 0 Å². The number of methoxy groups -OCH3 is 1. The molecule has 122 valence electrons. The molecule has 0 bridgehead atoms. The third-order valence-electron chi connectivity index (χ3n) is 4.88. The maximum atomic E-state index is 9.97. The summed E-state index contributed by atoms with van der Waals surface area (Å²) in [6.07, 6.45) is 0.550. The number of rotatable bonds is 4. The Morgan fingerprint density at radius 3 is 2.57 bits per heavy atom. The van der Waals surface area contributed by atoms with Gasteiger partial charge in [-0.15, -0.1) is 0 Å². The van der Waals surface area contributed by atoms with E-state index in [-0.39, 0.29) is 12.5 Å². The maximum absolute atomic E-state index is 9.97. The molecule has 0 aromatic heterocycles. The van der Waals surface area contributed by atoms with Gasteiger partial charge < -0.3 is 20.7 Å². The van der Waals surface area contributed by atoms with Crippen LogP contribution in [0.4, 0.5) is 0 Å². The van der Waals surface area contributed by atoms with E-state index in [2.05, 4.69) is 6.07 Å². The lowest BCUT2D eigenvalue weighted by Gasteiger charge is -2.31. The van der Waals surface area contributed by atoms with Crippen LogP contribution < -0.4 is 10.5 Å². The Hall–Kier alpha value is -1.88. The molecule has 4 heteroatoms. The van der Waals surface area contributed by atoms with Gasteiger partial charge in [0.1, 0.15) is 5.75 Å². The van der Waals surface area contributed by atoms with E-state index >= 15 is 0 Å². The number of aliphatic hydroxyl groups is 2. The van der Waals surface area contributed by atoms with Gasteiger partial charge in [0.15, 0.2) is 0 Å². The lowest BCUT2D eigenvalue weighted by Crippen LogP contribution is -2.42. The molecule has 4 N–H and O–H groups in total. The molecule has 3 rings (SSSR count). The van der Waals surface area contributed by atoms with Gasteiger partial charge in [-0.25, -0.2) is 0 Å². The fourth-order valence-electron chi connectivity index (χ4n) is 3.56. The Bertz CT molecular complexity index is 688. The van der Waals surface area contributed by atoms with Crippen molar-refractivity contribution >= 4 is 0 Å². The van der Waals surface area contributed by atoms with Crippen molar-refractivity contribution in [1.82, 2.24) is 0 Å². The summed E-state index contributed by atoms with van der Waals surface area (Å²) >= 11 is 0. The van der Waals surface area contributed by atoms with Crippen molar-refractivity contribution in [2.24, 2.45) is 11.7 Å². The van der Waals surface area contributed by atoms with E-state index in [4.69, 9.17) is 10.5 Å². The van der Waals surface area contributed by atoms with E-state index in [0.29, 0.717) is 12.8 Å². The summed E-state index contributed by atoms with van der Waals surface area (Å²) in [5.41, 5.74) is 8.94. The number of ether oxygens (including phenoxy) is 1. The van der Waals surface area contributed by atoms with Gasteiger partial charge in [-0.2, -0.15) is 0 Å². The van der Waals surface area contributed by atoms with E-state index in [9.17, 15) is 10.2 Å². The van der Waals surface area contributed by atoms with Crippen molar-refractivity contribution in [3.05, 3.63) is 54.1 Å².